The molecule has 0 aliphatic rings. The normalized spacial score (nSPS) is 10.7. The maximum absolute atomic E-state index is 11.5. The Hall–Kier alpha value is -1.37. The zero-order chi connectivity index (χ0) is 14.2. The number of alkyl halides is 1. The molecule has 0 unspecified atom stereocenters. The minimum Gasteiger partial charge on any atom is -0.504 e. The Morgan fingerprint density at radius 3 is 2.58 bits per heavy atom. The number of carbonyl (C=O) groups excluding carboxylic acids is 1. The Balaban J connectivity index is 2.66. The van der Waals surface area contributed by atoms with Crippen LogP contribution in [0.3, 0.4) is 0 Å². The molecule has 0 saturated heterocycles. The fraction of sp³-hybridized carbons (Fsp3) is 0.286. The summed E-state index contributed by atoms with van der Waals surface area (Å²) < 4.78 is 2.22. The molecule has 2 aromatic rings. The van der Waals surface area contributed by atoms with Crippen LogP contribution in [0.25, 0.3) is 11.3 Å². The number of ketones is 1. The summed E-state index contributed by atoms with van der Waals surface area (Å²) in [6.45, 7) is 5.46. The van der Waals surface area contributed by atoms with Crippen LogP contribution in [-0.4, -0.2) is 20.7 Å². The van der Waals surface area contributed by atoms with Crippen LogP contribution in [-0.2, 0) is 4.55 Å². The molecule has 5 heteroatoms. The summed E-state index contributed by atoms with van der Waals surface area (Å²) >= 11 is 2.15. The van der Waals surface area contributed by atoms with Crippen LogP contribution in [0.15, 0.2) is 18.2 Å². The third kappa shape index (κ3) is 2.51. The van der Waals surface area contributed by atoms with E-state index in [0.717, 1.165) is 11.1 Å². The molecule has 0 amide bonds. The first-order chi connectivity index (χ1) is 8.95. The van der Waals surface area contributed by atoms with Gasteiger partial charge in [0.1, 0.15) is 5.69 Å². The molecule has 100 valence electrons. The molecule has 0 saturated carbocycles. The van der Waals surface area contributed by atoms with E-state index in [4.69, 9.17) is 0 Å². The van der Waals surface area contributed by atoms with Crippen molar-refractivity contribution in [3.8, 4) is 17.0 Å². The summed E-state index contributed by atoms with van der Waals surface area (Å²) in [7, 11) is 0. The first-order valence-corrected chi connectivity index (χ1v) is 7.42. The molecule has 0 atom stereocenters. The van der Waals surface area contributed by atoms with Crippen LogP contribution in [0.2, 0.25) is 0 Å². The van der Waals surface area contributed by atoms with Crippen molar-refractivity contribution in [1.82, 2.24) is 9.78 Å². The average molecular weight is 370 g/mol. The smallest absolute Gasteiger partial charge is 0.183 e. The molecule has 1 aromatic heterocycles. The van der Waals surface area contributed by atoms with E-state index in [2.05, 4.69) is 27.7 Å². The van der Waals surface area contributed by atoms with Gasteiger partial charge in [-0.25, -0.2) is 0 Å². The van der Waals surface area contributed by atoms with E-state index < -0.39 is 0 Å². The third-order valence-electron chi connectivity index (χ3n) is 3.15. The minimum atomic E-state index is -0.230. The van der Waals surface area contributed by atoms with E-state index in [9.17, 15) is 9.90 Å². The van der Waals surface area contributed by atoms with Crippen molar-refractivity contribution in [1.29, 1.82) is 0 Å². The number of aryl methyl sites for hydroxylation is 2. The minimum absolute atomic E-state index is 0.0348. The van der Waals surface area contributed by atoms with Crippen LogP contribution in [0.5, 0.6) is 5.75 Å². The predicted octanol–water partition coefficient (Wildman–Crippen LogP) is 3.47. The maximum atomic E-state index is 11.5. The second kappa shape index (κ2) is 5.32. The van der Waals surface area contributed by atoms with Crippen LogP contribution < -0.4 is 0 Å². The number of halogens is 1. The molecule has 0 fully saturated rings. The van der Waals surface area contributed by atoms with Crippen LogP contribution in [0.1, 0.15) is 28.5 Å². The van der Waals surface area contributed by atoms with Crippen molar-refractivity contribution in [2.75, 3.05) is 0 Å². The first-order valence-electron chi connectivity index (χ1n) is 5.90. The van der Waals surface area contributed by atoms with Gasteiger partial charge in [-0.3, -0.25) is 9.48 Å². The lowest BCUT2D eigenvalue weighted by molar-refractivity contribution is 0.101. The van der Waals surface area contributed by atoms with Crippen molar-refractivity contribution in [2.24, 2.45) is 0 Å². The maximum Gasteiger partial charge on any atom is 0.183 e. The van der Waals surface area contributed by atoms with Gasteiger partial charge in [-0.2, -0.15) is 5.10 Å². The fourth-order valence-corrected chi connectivity index (χ4v) is 2.44. The van der Waals surface area contributed by atoms with Gasteiger partial charge in [0.25, 0.3) is 0 Å². The molecule has 0 radical (unpaired) electrons. The van der Waals surface area contributed by atoms with Gasteiger partial charge in [-0.05, 0) is 31.0 Å². The Labute approximate surface area is 125 Å². The number of Topliss-reactive ketones (excluding diaryl/α,β-unsaturated/α-hetero) is 1. The van der Waals surface area contributed by atoms with Gasteiger partial charge in [-0.15, -0.1) is 0 Å². The summed E-state index contributed by atoms with van der Waals surface area (Å²) in [4.78, 5) is 11.5. The quantitative estimate of drug-likeness (QED) is 0.512. The number of aromatic nitrogens is 2. The Bertz CT molecular complexity index is 647. The zero-order valence-corrected chi connectivity index (χ0v) is 13.2. The van der Waals surface area contributed by atoms with Gasteiger partial charge in [0.15, 0.2) is 17.2 Å². The Kier molecular flexibility index (Phi) is 3.93. The van der Waals surface area contributed by atoms with E-state index in [0.29, 0.717) is 10.2 Å². The summed E-state index contributed by atoms with van der Waals surface area (Å²) in [5, 5.41) is 14.4. The SMILES string of the molecule is CC(=O)c1nn(CI)c(-c2ccc(C)c(C)c2)c1O. The van der Waals surface area contributed by atoms with E-state index in [-0.39, 0.29) is 17.2 Å². The molecule has 0 aliphatic carbocycles. The predicted molar refractivity (Wildman–Crippen MR) is 82.8 cm³/mol. The lowest BCUT2D eigenvalue weighted by Gasteiger charge is -2.07. The Morgan fingerprint density at radius 1 is 1.37 bits per heavy atom. The molecule has 1 heterocycles. The highest BCUT2D eigenvalue weighted by Gasteiger charge is 2.21. The molecular weight excluding hydrogens is 355 g/mol. The van der Waals surface area contributed by atoms with Gasteiger partial charge in [0, 0.05) is 12.5 Å². The largest absolute Gasteiger partial charge is 0.504 e. The molecular formula is C14H15IN2O2. The number of carbonyl (C=O) groups is 1. The van der Waals surface area contributed by atoms with Crippen molar-refractivity contribution in [2.45, 2.75) is 25.3 Å². The van der Waals surface area contributed by atoms with E-state index in [1.54, 1.807) is 4.68 Å². The number of rotatable bonds is 3. The van der Waals surface area contributed by atoms with Crippen LogP contribution >= 0.6 is 22.6 Å². The lowest BCUT2D eigenvalue weighted by atomic mass is 10.0. The van der Waals surface area contributed by atoms with Gasteiger partial charge in [0.2, 0.25) is 0 Å². The fourth-order valence-electron chi connectivity index (χ4n) is 1.95. The highest BCUT2D eigenvalue weighted by molar-refractivity contribution is 14.1. The topological polar surface area (TPSA) is 55.1 Å². The molecule has 0 aliphatic heterocycles. The van der Waals surface area contributed by atoms with Crippen LogP contribution in [0.4, 0.5) is 0 Å². The highest BCUT2D eigenvalue weighted by atomic mass is 127. The van der Waals surface area contributed by atoms with Crippen molar-refractivity contribution < 1.29 is 9.90 Å². The van der Waals surface area contributed by atoms with Crippen molar-refractivity contribution in [3.05, 3.63) is 35.0 Å². The summed E-state index contributed by atoms with van der Waals surface area (Å²) in [6.07, 6.45) is 0. The van der Waals surface area contributed by atoms with E-state index >= 15 is 0 Å². The first kappa shape index (κ1) is 14.0. The molecule has 19 heavy (non-hydrogen) atoms. The van der Waals surface area contributed by atoms with E-state index in [1.807, 2.05) is 32.0 Å². The average Bonchev–Trinajstić information content (AvgIpc) is 2.70. The molecule has 0 spiro atoms. The third-order valence-corrected chi connectivity index (χ3v) is 3.80. The summed E-state index contributed by atoms with van der Waals surface area (Å²) in [5.41, 5.74) is 3.93. The van der Waals surface area contributed by atoms with Crippen molar-refractivity contribution in [3.63, 3.8) is 0 Å². The van der Waals surface area contributed by atoms with Gasteiger partial charge in [0.05, 0.1) is 4.55 Å². The number of benzene rings is 1. The van der Waals surface area contributed by atoms with Gasteiger partial charge < -0.3 is 5.11 Å². The Morgan fingerprint density at radius 2 is 2.05 bits per heavy atom. The van der Waals surface area contributed by atoms with Gasteiger partial charge in [-0.1, -0.05) is 34.7 Å². The van der Waals surface area contributed by atoms with Crippen LogP contribution in [0, 0.1) is 13.8 Å². The highest BCUT2D eigenvalue weighted by Crippen LogP contribution is 2.34. The van der Waals surface area contributed by atoms with Gasteiger partial charge >= 0.3 is 0 Å². The molecule has 0 bridgehead atoms. The summed E-state index contributed by atoms with van der Waals surface area (Å²) in [6, 6.07) is 5.94. The number of hydrogen-bond donors (Lipinski definition) is 1. The number of aromatic hydroxyl groups is 1. The molecule has 4 nitrogen and oxygen atoms in total. The van der Waals surface area contributed by atoms with E-state index in [1.165, 1.54) is 12.5 Å². The molecule has 1 aromatic carbocycles. The van der Waals surface area contributed by atoms with Crippen molar-refractivity contribution >= 4 is 28.4 Å². The molecule has 1 N–H and O–H groups in total. The second-order valence-electron chi connectivity index (χ2n) is 4.52. The standard InChI is InChI=1S/C14H15IN2O2/c1-8-4-5-11(6-9(8)2)13-14(19)12(10(3)18)16-17(13)7-15/h4-6,19H,7H2,1-3H3. The zero-order valence-electron chi connectivity index (χ0n) is 11.1. The second-order valence-corrected chi connectivity index (χ2v) is 5.20. The number of nitrogens with zero attached hydrogens (tertiary/aromatic N) is 2. The number of hydrogen-bond acceptors (Lipinski definition) is 3. The summed E-state index contributed by atoms with van der Waals surface area (Å²) in [5.74, 6) is -0.265. The molecule has 2 rings (SSSR count). The lowest BCUT2D eigenvalue weighted by Crippen LogP contribution is -1.99. The monoisotopic (exact) mass is 370 g/mol.